The first kappa shape index (κ1) is 14.8. The minimum atomic E-state index is -0.563. The molecule has 0 radical (unpaired) electrons. The summed E-state index contributed by atoms with van der Waals surface area (Å²) >= 11 is 4.69. The quantitative estimate of drug-likeness (QED) is 0.689. The van der Waals surface area contributed by atoms with Crippen molar-refractivity contribution in [3.05, 3.63) is 50.8 Å². The van der Waals surface area contributed by atoms with Crippen LogP contribution in [0.25, 0.3) is 11.0 Å². The minimum absolute atomic E-state index is 0.124. The molecule has 1 aromatic carbocycles. The first-order valence-electron chi connectivity index (χ1n) is 6.27. The lowest BCUT2D eigenvalue weighted by Gasteiger charge is -2.03. The van der Waals surface area contributed by atoms with Gasteiger partial charge in [-0.3, -0.25) is 9.59 Å². The highest BCUT2D eigenvalue weighted by molar-refractivity contribution is 9.11. The van der Waals surface area contributed by atoms with E-state index in [1.807, 2.05) is 6.07 Å². The van der Waals surface area contributed by atoms with Crippen LogP contribution in [-0.4, -0.2) is 18.3 Å². The topological polar surface area (TPSA) is 82.5 Å². The summed E-state index contributed by atoms with van der Waals surface area (Å²) in [6.45, 7) is -0.218. The second kappa shape index (κ2) is 5.94. The van der Waals surface area contributed by atoms with Crippen molar-refractivity contribution >= 4 is 49.9 Å². The highest BCUT2D eigenvalue weighted by Gasteiger charge is 2.18. The van der Waals surface area contributed by atoms with Gasteiger partial charge >= 0.3 is 0 Å². The van der Waals surface area contributed by atoms with Gasteiger partial charge in [0.15, 0.2) is 6.61 Å². The van der Waals surface area contributed by atoms with Gasteiger partial charge < -0.3 is 14.9 Å². The van der Waals surface area contributed by atoms with E-state index in [1.54, 1.807) is 24.3 Å². The highest BCUT2D eigenvalue weighted by Crippen LogP contribution is 2.30. The van der Waals surface area contributed by atoms with Crippen molar-refractivity contribution in [2.45, 2.75) is 0 Å². The van der Waals surface area contributed by atoms with Gasteiger partial charge in [-0.2, -0.15) is 0 Å². The second-order valence-electron chi connectivity index (χ2n) is 4.50. The molecule has 0 aliphatic rings. The number of benzene rings is 1. The van der Waals surface area contributed by atoms with Crippen LogP contribution in [0.1, 0.15) is 15.2 Å². The number of amides is 1. The van der Waals surface area contributed by atoms with Crippen LogP contribution in [-0.2, 0) is 4.79 Å². The Morgan fingerprint density at radius 1 is 1.27 bits per heavy atom. The number of hydrogen-bond acceptors (Lipinski definition) is 5. The molecule has 2 heterocycles. The largest absolute Gasteiger partial charge is 0.484 e. The summed E-state index contributed by atoms with van der Waals surface area (Å²) in [5.74, 6) is -0.234. The van der Waals surface area contributed by atoms with Crippen LogP contribution in [0.15, 0.2) is 44.8 Å². The monoisotopic (exact) mass is 379 g/mol. The van der Waals surface area contributed by atoms with Crippen molar-refractivity contribution in [2.24, 2.45) is 5.73 Å². The third kappa shape index (κ3) is 2.90. The number of ketones is 1. The zero-order chi connectivity index (χ0) is 15.7. The smallest absolute Gasteiger partial charge is 0.255 e. The van der Waals surface area contributed by atoms with Crippen molar-refractivity contribution in [3.63, 3.8) is 0 Å². The predicted molar refractivity (Wildman–Crippen MR) is 86.4 cm³/mol. The molecule has 0 spiro atoms. The van der Waals surface area contributed by atoms with Crippen molar-refractivity contribution in [1.82, 2.24) is 0 Å². The zero-order valence-corrected chi connectivity index (χ0v) is 13.6. The fourth-order valence-corrected chi connectivity index (χ4v) is 3.34. The van der Waals surface area contributed by atoms with Crippen LogP contribution in [0.3, 0.4) is 0 Å². The molecule has 0 aliphatic carbocycles. The number of primary amides is 1. The maximum Gasteiger partial charge on any atom is 0.255 e. The first-order valence-corrected chi connectivity index (χ1v) is 7.88. The van der Waals surface area contributed by atoms with E-state index >= 15 is 0 Å². The van der Waals surface area contributed by atoms with Crippen molar-refractivity contribution in [3.8, 4) is 5.75 Å². The van der Waals surface area contributed by atoms with E-state index in [0.29, 0.717) is 27.2 Å². The number of carbonyl (C=O) groups excluding carboxylic acids is 2. The van der Waals surface area contributed by atoms with Crippen LogP contribution in [0.5, 0.6) is 5.75 Å². The van der Waals surface area contributed by atoms with Crippen LogP contribution < -0.4 is 10.5 Å². The molecule has 0 atom stereocenters. The van der Waals surface area contributed by atoms with Gasteiger partial charge in [-0.15, -0.1) is 11.3 Å². The molecule has 0 aliphatic heterocycles. The Labute approximate surface area is 137 Å². The van der Waals surface area contributed by atoms with E-state index in [-0.39, 0.29) is 12.4 Å². The van der Waals surface area contributed by atoms with E-state index in [2.05, 4.69) is 15.9 Å². The molecule has 3 aromatic rings. The van der Waals surface area contributed by atoms with Crippen LogP contribution in [0, 0.1) is 0 Å². The zero-order valence-electron chi connectivity index (χ0n) is 11.2. The molecule has 0 saturated carbocycles. The Morgan fingerprint density at radius 2 is 2.09 bits per heavy atom. The number of ether oxygens (including phenoxy) is 1. The molecule has 0 bridgehead atoms. The van der Waals surface area contributed by atoms with Gasteiger partial charge in [0, 0.05) is 5.39 Å². The summed E-state index contributed by atoms with van der Waals surface area (Å²) in [5, 5.41) is 0.636. The van der Waals surface area contributed by atoms with Gasteiger partial charge in [0.05, 0.1) is 14.2 Å². The fraction of sp³-hybridized carbons (Fsp3) is 0.0667. The number of furan rings is 1. The number of rotatable bonds is 5. The molecule has 2 aromatic heterocycles. The molecule has 0 unspecified atom stereocenters. The predicted octanol–water partition coefficient (Wildman–Crippen LogP) is 3.35. The Hall–Kier alpha value is -2.12. The summed E-state index contributed by atoms with van der Waals surface area (Å²) in [7, 11) is 0. The SMILES string of the molecule is NC(=O)COc1ccc2occ(C(=O)c3ccc(Br)s3)c2c1. The number of fused-ring (bicyclic) bond motifs is 1. The lowest BCUT2D eigenvalue weighted by molar-refractivity contribution is -0.119. The van der Waals surface area contributed by atoms with E-state index in [9.17, 15) is 9.59 Å². The molecule has 2 N–H and O–H groups in total. The number of thiophene rings is 1. The van der Waals surface area contributed by atoms with E-state index in [1.165, 1.54) is 17.6 Å². The van der Waals surface area contributed by atoms with Crippen molar-refractivity contribution < 1.29 is 18.7 Å². The van der Waals surface area contributed by atoms with Crippen LogP contribution in [0.4, 0.5) is 0 Å². The maximum atomic E-state index is 12.5. The average molecular weight is 380 g/mol. The number of hydrogen-bond donors (Lipinski definition) is 1. The van der Waals surface area contributed by atoms with Crippen LogP contribution in [0.2, 0.25) is 0 Å². The lowest BCUT2D eigenvalue weighted by atomic mass is 10.1. The van der Waals surface area contributed by atoms with Crippen LogP contribution >= 0.6 is 27.3 Å². The molecule has 1 amide bonds. The Morgan fingerprint density at radius 3 is 2.77 bits per heavy atom. The van der Waals surface area contributed by atoms with Gasteiger partial charge in [-0.1, -0.05) is 0 Å². The first-order chi connectivity index (χ1) is 10.5. The molecular formula is C15H10BrNO4S. The molecule has 5 nitrogen and oxygen atoms in total. The average Bonchev–Trinajstić information content (AvgIpc) is 3.10. The summed E-state index contributed by atoms with van der Waals surface area (Å²) in [6, 6.07) is 8.58. The molecular weight excluding hydrogens is 370 g/mol. The lowest BCUT2D eigenvalue weighted by Crippen LogP contribution is -2.19. The van der Waals surface area contributed by atoms with E-state index < -0.39 is 5.91 Å². The Bertz CT molecular complexity index is 867. The molecule has 0 fully saturated rings. The third-order valence-electron chi connectivity index (χ3n) is 2.97. The minimum Gasteiger partial charge on any atom is -0.484 e. The normalized spacial score (nSPS) is 10.8. The molecule has 112 valence electrons. The number of carbonyl (C=O) groups is 2. The fourth-order valence-electron chi connectivity index (χ4n) is 2.00. The number of nitrogens with two attached hydrogens (primary N) is 1. The summed E-state index contributed by atoms with van der Waals surface area (Å²) in [4.78, 5) is 23.9. The Kier molecular flexibility index (Phi) is 4.00. The van der Waals surface area contributed by atoms with Gasteiger partial charge in [-0.05, 0) is 46.3 Å². The molecule has 0 saturated heterocycles. The van der Waals surface area contributed by atoms with Gasteiger partial charge in [0.2, 0.25) is 5.78 Å². The number of halogens is 1. The standard InChI is InChI=1S/C15H10BrNO4S/c16-13-4-3-12(22-13)15(19)10-6-21-11-2-1-8(5-9(10)11)20-7-14(17)18/h1-6H,7H2,(H2,17,18). The van der Waals surface area contributed by atoms with Gasteiger partial charge in [0.1, 0.15) is 17.6 Å². The maximum absolute atomic E-state index is 12.5. The third-order valence-corrected chi connectivity index (χ3v) is 4.59. The molecule has 22 heavy (non-hydrogen) atoms. The molecule has 7 heteroatoms. The summed E-state index contributed by atoms with van der Waals surface area (Å²) in [5.41, 5.74) is 6.08. The Balaban J connectivity index is 1.97. The second-order valence-corrected chi connectivity index (χ2v) is 6.96. The van der Waals surface area contributed by atoms with Crippen molar-refractivity contribution in [1.29, 1.82) is 0 Å². The van der Waals surface area contributed by atoms with E-state index in [4.69, 9.17) is 14.9 Å². The van der Waals surface area contributed by atoms with Gasteiger partial charge in [-0.25, -0.2) is 0 Å². The molecule has 3 rings (SSSR count). The van der Waals surface area contributed by atoms with Gasteiger partial charge in [0.25, 0.3) is 5.91 Å². The van der Waals surface area contributed by atoms with E-state index in [0.717, 1.165) is 3.79 Å². The van der Waals surface area contributed by atoms with Crippen molar-refractivity contribution in [2.75, 3.05) is 6.61 Å². The summed E-state index contributed by atoms with van der Waals surface area (Å²) in [6.07, 6.45) is 1.43. The summed E-state index contributed by atoms with van der Waals surface area (Å²) < 4.78 is 11.5. The highest BCUT2D eigenvalue weighted by atomic mass is 79.9.